The van der Waals surface area contributed by atoms with Crippen LogP contribution in [0.5, 0.6) is 11.5 Å². The molecule has 0 spiro atoms. The zero-order valence-electron chi connectivity index (χ0n) is 13.3. The van der Waals surface area contributed by atoms with Crippen molar-refractivity contribution in [2.24, 2.45) is 0 Å². The summed E-state index contributed by atoms with van der Waals surface area (Å²) in [6, 6.07) is 7.92. The van der Waals surface area contributed by atoms with Gasteiger partial charge in [-0.3, -0.25) is 0 Å². The number of ether oxygens (including phenoxy) is 2. The van der Waals surface area contributed by atoms with Crippen molar-refractivity contribution in [2.45, 2.75) is 26.8 Å². The fourth-order valence-corrected chi connectivity index (χ4v) is 2.59. The summed E-state index contributed by atoms with van der Waals surface area (Å²) in [5.74, 6) is 3.47. The molecule has 4 nitrogen and oxygen atoms in total. The lowest BCUT2D eigenvalue weighted by Crippen LogP contribution is -2.22. The van der Waals surface area contributed by atoms with Crippen LogP contribution in [0.4, 0.5) is 0 Å². The highest BCUT2D eigenvalue weighted by molar-refractivity contribution is 5.47. The summed E-state index contributed by atoms with van der Waals surface area (Å²) in [6.07, 6.45) is 0. The second kappa shape index (κ2) is 6.68. The number of rotatable bonds is 6. The van der Waals surface area contributed by atoms with Crippen LogP contribution in [-0.4, -0.2) is 20.8 Å². The lowest BCUT2D eigenvalue weighted by atomic mass is 9.97. The van der Waals surface area contributed by atoms with Crippen molar-refractivity contribution >= 4 is 0 Å². The summed E-state index contributed by atoms with van der Waals surface area (Å²) in [5.41, 5.74) is 2.17. The minimum Gasteiger partial charge on any atom is -0.497 e. The minimum atomic E-state index is 0.0116. The second-order valence-corrected chi connectivity index (χ2v) is 4.97. The number of hydrogen-bond acceptors (Lipinski definition) is 4. The van der Waals surface area contributed by atoms with Gasteiger partial charge in [0, 0.05) is 11.1 Å². The predicted octanol–water partition coefficient (Wildman–Crippen LogP) is 3.61. The summed E-state index contributed by atoms with van der Waals surface area (Å²) in [5, 5.41) is 3.50. The van der Waals surface area contributed by atoms with Crippen LogP contribution in [0.3, 0.4) is 0 Å². The molecule has 4 heteroatoms. The number of furan rings is 1. The second-order valence-electron chi connectivity index (χ2n) is 4.97. The molecule has 1 aromatic heterocycles. The van der Waals surface area contributed by atoms with Crippen molar-refractivity contribution in [3.8, 4) is 11.5 Å². The van der Waals surface area contributed by atoms with Gasteiger partial charge in [-0.2, -0.15) is 0 Å². The molecule has 0 aliphatic carbocycles. The third kappa shape index (κ3) is 3.22. The molecule has 21 heavy (non-hydrogen) atoms. The Hall–Kier alpha value is -1.94. The zero-order valence-corrected chi connectivity index (χ0v) is 13.3. The molecule has 0 radical (unpaired) electrons. The van der Waals surface area contributed by atoms with Gasteiger partial charge in [0.15, 0.2) is 0 Å². The van der Waals surface area contributed by atoms with Crippen molar-refractivity contribution in [3.63, 3.8) is 0 Å². The Kier molecular flexibility index (Phi) is 4.91. The Morgan fingerprint density at radius 1 is 1.10 bits per heavy atom. The SMILES string of the molecule is CCNC(c1cc(OC)ccc1OC)c1cc(C)oc1C. The molecule has 1 aromatic carbocycles. The molecule has 0 aliphatic rings. The first-order chi connectivity index (χ1) is 10.1. The van der Waals surface area contributed by atoms with Gasteiger partial charge in [0.25, 0.3) is 0 Å². The monoisotopic (exact) mass is 289 g/mol. The highest BCUT2D eigenvalue weighted by Crippen LogP contribution is 2.35. The van der Waals surface area contributed by atoms with Crippen LogP contribution in [0, 0.1) is 13.8 Å². The molecule has 1 N–H and O–H groups in total. The fraction of sp³-hybridized carbons (Fsp3) is 0.412. The van der Waals surface area contributed by atoms with Gasteiger partial charge in [-0.05, 0) is 44.7 Å². The fourth-order valence-electron chi connectivity index (χ4n) is 2.59. The zero-order chi connectivity index (χ0) is 15.4. The van der Waals surface area contributed by atoms with E-state index < -0.39 is 0 Å². The van der Waals surface area contributed by atoms with Crippen molar-refractivity contribution in [3.05, 3.63) is 46.9 Å². The first-order valence-electron chi connectivity index (χ1n) is 7.13. The third-order valence-electron chi connectivity index (χ3n) is 3.55. The Bertz CT molecular complexity index is 604. The van der Waals surface area contributed by atoms with Gasteiger partial charge in [-0.15, -0.1) is 0 Å². The summed E-state index contributed by atoms with van der Waals surface area (Å²) in [6.45, 7) is 6.87. The van der Waals surface area contributed by atoms with E-state index >= 15 is 0 Å². The quantitative estimate of drug-likeness (QED) is 0.882. The smallest absolute Gasteiger partial charge is 0.124 e. The largest absolute Gasteiger partial charge is 0.497 e. The molecular formula is C17H23NO3. The van der Waals surface area contributed by atoms with Crippen LogP contribution < -0.4 is 14.8 Å². The van der Waals surface area contributed by atoms with Gasteiger partial charge >= 0.3 is 0 Å². The average Bonchev–Trinajstić information content (AvgIpc) is 2.82. The number of nitrogens with one attached hydrogen (secondary N) is 1. The first-order valence-corrected chi connectivity index (χ1v) is 7.13. The highest BCUT2D eigenvalue weighted by atomic mass is 16.5. The van der Waals surface area contributed by atoms with E-state index in [9.17, 15) is 0 Å². The molecule has 0 saturated heterocycles. The van der Waals surface area contributed by atoms with E-state index in [1.54, 1.807) is 14.2 Å². The Morgan fingerprint density at radius 2 is 1.86 bits per heavy atom. The lowest BCUT2D eigenvalue weighted by Gasteiger charge is -2.21. The molecule has 0 bridgehead atoms. The van der Waals surface area contributed by atoms with E-state index in [1.165, 1.54) is 0 Å². The van der Waals surface area contributed by atoms with Crippen LogP contribution in [0.25, 0.3) is 0 Å². The Labute approximate surface area is 126 Å². The number of hydrogen-bond donors (Lipinski definition) is 1. The molecule has 1 heterocycles. The molecule has 0 amide bonds. The number of methoxy groups -OCH3 is 2. The predicted molar refractivity (Wildman–Crippen MR) is 83.2 cm³/mol. The van der Waals surface area contributed by atoms with Gasteiger partial charge in [0.05, 0.1) is 20.3 Å². The molecule has 1 unspecified atom stereocenters. The van der Waals surface area contributed by atoms with Crippen molar-refractivity contribution in [2.75, 3.05) is 20.8 Å². The van der Waals surface area contributed by atoms with E-state index in [0.717, 1.165) is 40.7 Å². The maximum atomic E-state index is 5.68. The molecule has 0 aliphatic heterocycles. The molecular weight excluding hydrogens is 266 g/mol. The van der Waals surface area contributed by atoms with E-state index in [0.29, 0.717) is 0 Å². The molecule has 0 saturated carbocycles. The summed E-state index contributed by atoms with van der Waals surface area (Å²) >= 11 is 0. The first kappa shape index (κ1) is 15.4. The average molecular weight is 289 g/mol. The highest BCUT2D eigenvalue weighted by Gasteiger charge is 2.22. The molecule has 0 fully saturated rings. The van der Waals surface area contributed by atoms with Crippen LogP contribution in [0.2, 0.25) is 0 Å². The molecule has 2 aromatic rings. The number of benzene rings is 1. The van der Waals surface area contributed by atoms with Gasteiger partial charge in [-0.25, -0.2) is 0 Å². The normalized spacial score (nSPS) is 12.2. The van der Waals surface area contributed by atoms with E-state index in [2.05, 4.69) is 18.3 Å². The van der Waals surface area contributed by atoms with Gasteiger partial charge < -0.3 is 19.2 Å². The van der Waals surface area contributed by atoms with Gasteiger partial charge in [0.1, 0.15) is 23.0 Å². The standard InChI is InChI=1S/C17H23NO3/c1-6-18-17(14-9-11(2)21-12(14)3)15-10-13(19-4)7-8-16(15)20-5/h7-10,17-18H,6H2,1-5H3. The van der Waals surface area contributed by atoms with Gasteiger partial charge in [-0.1, -0.05) is 6.92 Å². The Balaban J connectivity index is 2.54. The topological polar surface area (TPSA) is 43.6 Å². The maximum Gasteiger partial charge on any atom is 0.124 e. The van der Waals surface area contributed by atoms with Crippen LogP contribution in [0.1, 0.15) is 35.6 Å². The van der Waals surface area contributed by atoms with Crippen LogP contribution in [-0.2, 0) is 0 Å². The maximum absolute atomic E-state index is 5.68. The number of aryl methyl sites for hydroxylation is 2. The van der Waals surface area contributed by atoms with Crippen LogP contribution in [0.15, 0.2) is 28.7 Å². The molecule has 1 atom stereocenters. The van der Waals surface area contributed by atoms with Gasteiger partial charge in [0.2, 0.25) is 0 Å². The lowest BCUT2D eigenvalue weighted by molar-refractivity contribution is 0.393. The Morgan fingerprint density at radius 3 is 2.38 bits per heavy atom. The molecule has 114 valence electrons. The summed E-state index contributed by atoms with van der Waals surface area (Å²) < 4.78 is 16.5. The van der Waals surface area contributed by atoms with Crippen LogP contribution >= 0.6 is 0 Å². The van der Waals surface area contributed by atoms with E-state index in [4.69, 9.17) is 13.9 Å². The van der Waals surface area contributed by atoms with E-state index in [1.807, 2.05) is 32.0 Å². The van der Waals surface area contributed by atoms with Crippen molar-refractivity contribution in [1.82, 2.24) is 5.32 Å². The minimum absolute atomic E-state index is 0.0116. The van der Waals surface area contributed by atoms with E-state index in [-0.39, 0.29) is 6.04 Å². The third-order valence-corrected chi connectivity index (χ3v) is 3.55. The molecule has 2 rings (SSSR count). The summed E-state index contributed by atoms with van der Waals surface area (Å²) in [4.78, 5) is 0. The van der Waals surface area contributed by atoms with Crippen molar-refractivity contribution < 1.29 is 13.9 Å². The summed E-state index contributed by atoms with van der Waals surface area (Å²) in [7, 11) is 3.35. The van der Waals surface area contributed by atoms with Crippen molar-refractivity contribution in [1.29, 1.82) is 0 Å².